The van der Waals surface area contributed by atoms with Gasteiger partial charge in [-0.2, -0.15) is 0 Å². The SMILES string of the molecule is CC1=CC(=O)C2=C(CC3C(=CCC4C(=O)N(c5ccc(C(=O)O)c(O)c5)C(=O)C43)C2c2ccccc2OCCO)C1=O. The number of aliphatic hydroxyl groups excluding tert-OH is 1. The van der Waals surface area contributed by atoms with E-state index < -0.39 is 47.2 Å². The highest BCUT2D eigenvalue weighted by Crippen LogP contribution is 2.56. The zero-order valence-corrected chi connectivity index (χ0v) is 22.6. The highest BCUT2D eigenvalue weighted by atomic mass is 16.5. The van der Waals surface area contributed by atoms with Crippen LogP contribution < -0.4 is 9.64 Å². The number of carboxylic acids is 1. The number of aromatic hydroxyl groups is 1. The van der Waals surface area contributed by atoms with Crippen molar-refractivity contribution in [3.8, 4) is 11.5 Å². The molecule has 0 bridgehead atoms. The van der Waals surface area contributed by atoms with E-state index in [2.05, 4.69) is 0 Å². The number of rotatable bonds is 6. The lowest BCUT2D eigenvalue weighted by molar-refractivity contribution is -0.123. The quantitative estimate of drug-likeness (QED) is 0.270. The van der Waals surface area contributed by atoms with E-state index in [0.717, 1.165) is 22.6 Å². The molecule has 0 spiro atoms. The zero-order chi connectivity index (χ0) is 29.9. The van der Waals surface area contributed by atoms with Gasteiger partial charge >= 0.3 is 5.97 Å². The molecule has 10 heteroatoms. The van der Waals surface area contributed by atoms with Gasteiger partial charge in [0.25, 0.3) is 0 Å². The monoisotopic (exact) mass is 569 g/mol. The van der Waals surface area contributed by atoms with Gasteiger partial charge in [0.15, 0.2) is 11.6 Å². The number of hydrogen-bond acceptors (Lipinski definition) is 8. The Labute approximate surface area is 240 Å². The van der Waals surface area contributed by atoms with Crippen LogP contribution in [0.4, 0.5) is 5.69 Å². The van der Waals surface area contributed by atoms with Crippen molar-refractivity contribution in [3.63, 3.8) is 0 Å². The number of fused-ring (bicyclic) bond motifs is 3. The second kappa shape index (κ2) is 10.2. The Kier molecular flexibility index (Phi) is 6.65. The average Bonchev–Trinajstić information content (AvgIpc) is 3.23. The minimum absolute atomic E-state index is 0.0180. The van der Waals surface area contributed by atoms with E-state index >= 15 is 0 Å². The molecule has 10 nitrogen and oxygen atoms in total. The number of ketones is 2. The molecule has 1 aliphatic heterocycles. The molecule has 6 rings (SSSR count). The van der Waals surface area contributed by atoms with Crippen LogP contribution in [0.5, 0.6) is 11.5 Å². The van der Waals surface area contributed by atoms with E-state index in [1.165, 1.54) is 12.1 Å². The summed E-state index contributed by atoms with van der Waals surface area (Å²) in [6.07, 6.45) is 3.53. The summed E-state index contributed by atoms with van der Waals surface area (Å²) in [5.74, 6) is -5.92. The van der Waals surface area contributed by atoms with Crippen LogP contribution in [0.1, 0.15) is 41.6 Å². The molecule has 3 N–H and O–H groups in total. The molecule has 2 aromatic rings. The molecule has 4 atom stereocenters. The van der Waals surface area contributed by atoms with Crippen LogP contribution in [-0.2, 0) is 19.2 Å². The Hall–Kier alpha value is -4.83. The van der Waals surface area contributed by atoms with Gasteiger partial charge in [-0.3, -0.25) is 19.2 Å². The van der Waals surface area contributed by atoms with Gasteiger partial charge < -0.3 is 20.1 Å². The fourth-order valence-electron chi connectivity index (χ4n) is 6.84. The summed E-state index contributed by atoms with van der Waals surface area (Å²) in [5.41, 5.74) is 2.00. The van der Waals surface area contributed by atoms with E-state index in [-0.39, 0.29) is 48.9 Å². The highest BCUT2D eigenvalue weighted by Gasteiger charge is 2.57. The molecule has 1 fully saturated rings. The number of allylic oxidation sites excluding steroid dienone is 6. The maximum absolute atomic E-state index is 14.0. The molecule has 1 saturated heterocycles. The number of anilines is 1. The van der Waals surface area contributed by atoms with Crippen molar-refractivity contribution in [1.29, 1.82) is 0 Å². The second-order valence-corrected chi connectivity index (χ2v) is 10.9. The van der Waals surface area contributed by atoms with E-state index in [1.54, 1.807) is 31.2 Å². The van der Waals surface area contributed by atoms with E-state index in [1.807, 2.05) is 6.08 Å². The van der Waals surface area contributed by atoms with Crippen molar-refractivity contribution in [3.05, 3.63) is 88.0 Å². The van der Waals surface area contributed by atoms with Crippen LogP contribution in [0, 0.1) is 17.8 Å². The van der Waals surface area contributed by atoms with Crippen molar-refractivity contribution >= 4 is 35.0 Å². The number of aliphatic hydroxyl groups is 1. The lowest BCUT2D eigenvalue weighted by Crippen LogP contribution is -2.40. The molecule has 0 saturated carbocycles. The maximum Gasteiger partial charge on any atom is 0.339 e. The molecular formula is C32H27NO9. The number of benzene rings is 2. The van der Waals surface area contributed by atoms with Crippen LogP contribution in [0.15, 0.2) is 76.9 Å². The van der Waals surface area contributed by atoms with Crippen molar-refractivity contribution in [1.82, 2.24) is 0 Å². The third kappa shape index (κ3) is 4.09. The topological polar surface area (TPSA) is 159 Å². The van der Waals surface area contributed by atoms with Crippen molar-refractivity contribution in [2.45, 2.75) is 25.7 Å². The maximum atomic E-state index is 14.0. The summed E-state index contributed by atoms with van der Waals surface area (Å²) in [6, 6.07) is 10.6. The molecule has 0 aromatic heterocycles. The standard InChI is InChI=1S/C32H27NO9/c1-15-12-24(36)28-22(29(15)37)14-21-17(26(28)19-4-2-3-5-25(19)42-11-10-34)8-9-20-27(21)31(39)33(30(20)38)16-6-7-18(32(40)41)23(35)13-16/h2-8,12-13,20-21,26-27,34-35H,9-11,14H2,1H3,(H,40,41). The van der Waals surface area contributed by atoms with Gasteiger partial charge in [0.05, 0.1) is 24.1 Å². The van der Waals surface area contributed by atoms with Crippen LogP contribution >= 0.6 is 0 Å². The van der Waals surface area contributed by atoms with Crippen molar-refractivity contribution in [2.24, 2.45) is 17.8 Å². The van der Waals surface area contributed by atoms with Gasteiger partial charge in [0, 0.05) is 34.3 Å². The first-order valence-corrected chi connectivity index (χ1v) is 13.6. The summed E-state index contributed by atoms with van der Waals surface area (Å²) >= 11 is 0. The summed E-state index contributed by atoms with van der Waals surface area (Å²) in [6.45, 7) is 1.37. The van der Waals surface area contributed by atoms with Crippen LogP contribution in [-0.4, -0.2) is 57.9 Å². The Balaban J connectivity index is 1.46. The lowest BCUT2D eigenvalue weighted by atomic mass is 9.59. The second-order valence-electron chi connectivity index (χ2n) is 10.9. The van der Waals surface area contributed by atoms with Crippen LogP contribution in [0.2, 0.25) is 0 Å². The number of nitrogens with zero attached hydrogens (tertiary/aromatic N) is 1. The molecule has 42 heavy (non-hydrogen) atoms. The number of ether oxygens (including phenoxy) is 1. The first-order valence-electron chi connectivity index (χ1n) is 13.6. The van der Waals surface area contributed by atoms with Crippen molar-refractivity contribution in [2.75, 3.05) is 18.1 Å². The van der Waals surface area contributed by atoms with E-state index in [4.69, 9.17) is 4.74 Å². The summed E-state index contributed by atoms with van der Waals surface area (Å²) < 4.78 is 5.81. The van der Waals surface area contributed by atoms with Gasteiger partial charge in [-0.05, 0) is 50.0 Å². The Morgan fingerprint density at radius 1 is 1.05 bits per heavy atom. The normalized spacial score (nSPS) is 25.0. The third-order valence-electron chi connectivity index (χ3n) is 8.61. The molecule has 0 radical (unpaired) electrons. The number of carbonyl (C=O) groups is 5. The number of aromatic carboxylic acids is 1. The fourth-order valence-corrected chi connectivity index (χ4v) is 6.84. The molecule has 2 aromatic carbocycles. The number of Topliss-reactive ketones (excluding diaryl/α,β-unsaturated/α-hetero) is 1. The van der Waals surface area contributed by atoms with E-state index in [0.29, 0.717) is 28.0 Å². The number of carboxylic acid groups (broad SMARTS) is 1. The minimum Gasteiger partial charge on any atom is -0.507 e. The predicted molar refractivity (Wildman–Crippen MR) is 148 cm³/mol. The largest absolute Gasteiger partial charge is 0.507 e. The third-order valence-corrected chi connectivity index (χ3v) is 8.61. The number of phenols is 1. The Morgan fingerprint density at radius 3 is 2.52 bits per heavy atom. The lowest BCUT2D eigenvalue weighted by Gasteiger charge is -2.42. The van der Waals surface area contributed by atoms with Gasteiger partial charge in [0.1, 0.15) is 23.7 Å². The molecule has 4 unspecified atom stereocenters. The summed E-state index contributed by atoms with van der Waals surface area (Å²) in [7, 11) is 0. The van der Waals surface area contributed by atoms with Crippen LogP contribution in [0.25, 0.3) is 0 Å². The molecule has 1 heterocycles. The predicted octanol–water partition coefficient (Wildman–Crippen LogP) is 3.10. The van der Waals surface area contributed by atoms with Gasteiger partial charge in [0.2, 0.25) is 11.8 Å². The summed E-state index contributed by atoms with van der Waals surface area (Å²) in [5, 5.41) is 28.9. The van der Waals surface area contributed by atoms with Gasteiger partial charge in [-0.15, -0.1) is 0 Å². The van der Waals surface area contributed by atoms with Crippen LogP contribution in [0.3, 0.4) is 0 Å². The Bertz CT molecular complexity index is 1680. The Morgan fingerprint density at radius 2 is 1.81 bits per heavy atom. The fraction of sp³-hybridized carbons (Fsp3) is 0.281. The molecular weight excluding hydrogens is 542 g/mol. The first-order chi connectivity index (χ1) is 20.1. The number of amides is 2. The van der Waals surface area contributed by atoms with E-state index in [9.17, 15) is 39.3 Å². The minimum atomic E-state index is -1.35. The smallest absolute Gasteiger partial charge is 0.339 e. The van der Waals surface area contributed by atoms with Crippen molar-refractivity contribution < 1.29 is 44.0 Å². The number of para-hydroxylation sites is 1. The highest BCUT2D eigenvalue weighted by molar-refractivity contribution is 6.25. The zero-order valence-electron chi connectivity index (χ0n) is 22.6. The van der Waals surface area contributed by atoms with Gasteiger partial charge in [-0.1, -0.05) is 29.8 Å². The molecule has 3 aliphatic carbocycles. The first kappa shape index (κ1) is 27.3. The number of carbonyl (C=O) groups excluding carboxylic acids is 4. The number of imide groups is 1. The molecule has 214 valence electrons. The summed E-state index contributed by atoms with van der Waals surface area (Å²) in [4.78, 5) is 66.9. The van der Waals surface area contributed by atoms with Gasteiger partial charge in [-0.25, -0.2) is 9.69 Å². The number of hydrogen-bond donors (Lipinski definition) is 3. The average molecular weight is 570 g/mol. The molecule has 2 amide bonds. The molecule has 4 aliphatic rings.